The normalized spacial score (nSPS) is 17.6. The number of methoxy groups -OCH3 is 1. The third-order valence-electron chi connectivity index (χ3n) is 3.33. The molecular formula is C13H20Cl2N2O2. The van der Waals surface area contributed by atoms with E-state index in [0.29, 0.717) is 10.8 Å². The minimum atomic E-state index is 0. The zero-order valence-electron chi connectivity index (χ0n) is 10.9. The number of nitrogens with zero attached hydrogens (tertiary/aromatic N) is 1. The predicted molar refractivity (Wildman–Crippen MR) is 79.5 cm³/mol. The fraction of sp³-hybridized carbons (Fsp3) is 0.538. The minimum Gasteiger partial charge on any atom is -0.495 e. The lowest BCUT2D eigenvalue weighted by Crippen LogP contribution is -2.46. The van der Waals surface area contributed by atoms with Gasteiger partial charge in [0.1, 0.15) is 5.75 Å². The average molecular weight is 307 g/mol. The summed E-state index contributed by atoms with van der Waals surface area (Å²) < 4.78 is 5.22. The summed E-state index contributed by atoms with van der Waals surface area (Å²) in [5.41, 5.74) is 1.04. The van der Waals surface area contributed by atoms with E-state index >= 15 is 0 Å². The van der Waals surface area contributed by atoms with Crippen molar-refractivity contribution in [2.45, 2.75) is 6.04 Å². The molecule has 1 aliphatic heterocycles. The molecule has 0 radical (unpaired) electrons. The highest BCUT2D eigenvalue weighted by Crippen LogP contribution is 2.30. The molecule has 6 heteroatoms. The van der Waals surface area contributed by atoms with Gasteiger partial charge in [-0.15, -0.1) is 12.4 Å². The molecule has 4 nitrogen and oxygen atoms in total. The quantitative estimate of drug-likeness (QED) is 0.889. The second kappa shape index (κ2) is 7.92. The Labute approximate surface area is 125 Å². The Morgan fingerprint density at radius 1 is 1.42 bits per heavy atom. The van der Waals surface area contributed by atoms with Crippen LogP contribution in [0.15, 0.2) is 18.2 Å². The minimum absolute atomic E-state index is 0. The molecule has 0 saturated carbocycles. The summed E-state index contributed by atoms with van der Waals surface area (Å²) in [6, 6.07) is 5.69. The maximum atomic E-state index is 9.63. The Hall–Kier alpha value is -0.520. The van der Waals surface area contributed by atoms with Crippen molar-refractivity contribution in [1.82, 2.24) is 10.2 Å². The van der Waals surface area contributed by atoms with Gasteiger partial charge in [-0.05, 0) is 17.7 Å². The molecule has 1 atom stereocenters. The molecule has 0 amide bonds. The first-order valence-electron chi connectivity index (χ1n) is 6.15. The number of benzene rings is 1. The van der Waals surface area contributed by atoms with Crippen LogP contribution >= 0.6 is 24.0 Å². The number of halogens is 2. The summed E-state index contributed by atoms with van der Waals surface area (Å²) in [5, 5.41) is 13.5. The standard InChI is InChI=1S/C13H19ClN2O2.ClH/c1-18-13-8-10(2-3-11(13)14)12(9-17)16-6-4-15-5-7-16;/h2-3,8,12,15,17H,4-7,9H2,1H3;1H/t12-;/m1./s1. The number of hydrogen-bond donors (Lipinski definition) is 2. The predicted octanol–water partition coefficient (Wildman–Crippen LogP) is 1.71. The molecule has 1 aromatic carbocycles. The maximum Gasteiger partial charge on any atom is 0.137 e. The van der Waals surface area contributed by atoms with Crippen molar-refractivity contribution >= 4 is 24.0 Å². The fourth-order valence-electron chi connectivity index (χ4n) is 2.31. The van der Waals surface area contributed by atoms with Crippen LogP contribution in [-0.2, 0) is 0 Å². The largest absolute Gasteiger partial charge is 0.495 e. The Kier molecular flexibility index (Phi) is 6.89. The summed E-state index contributed by atoms with van der Waals surface area (Å²) in [6.07, 6.45) is 0. The molecular weight excluding hydrogens is 287 g/mol. The van der Waals surface area contributed by atoms with Crippen molar-refractivity contribution in [3.8, 4) is 5.75 Å². The van der Waals surface area contributed by atoms with Gasteiger partial charge in [-0.2, -0.15) is 0 Å². The molecule has 1 aromatic rings. The number of nitrogens with one attached hydrogen (secondary N) is 1. The van der Waals surface area contributed by atoms with Gasteiger partial charge in [-0.3, -0.25) is 4.90 Å². The Morgan fingerprint density at radius 3 is 2.68 bits per heavy atom. The van der Waals surface area contributed by atoms with Crippen LogP contribution in [0, 0.1) is 0 Å². The van der Waals surface area contributed by atoms with Gasteiger partial charge in [0, 0.05) is 26.2 Å². The summed E-state index contributed by atoms with van der Waals surface area (Å²) in [5.74, 6) is 0.655. The third-order valence-corrected chi connectivity index (χ3v) is 3.64. The van der Waals surface area contributed by atoms with Crippen molar-refractivity contribution in [2.24, 2.45) is 0 Å². The molecule has 19 heavy (non-hydrogen) atoms. The van der Waals surface area contributed by atoms with E-state index in [4.69, 9.17) is 16.3 Å². The van der Waals surface area contributed by atoms with Gasteiger partial charge in [-0.1, -0.05) is 17.7 Å². The highest BCUT2D eigenvalue weighted by molar-refractivity contribution is 6.32. The van der Waals surface area contributed by atoms with E-state index < -0.39 is 0 Å². The maximum absolute atomic E-state index is 9.63. The van der Waals surface area contributed by atoms with Gasteiger partial charge >= 0.3 is 0 Å². The first-order valence-corrected chi connectivity index (χ1v) is 6.53. The average Bonchev–Trinajstić information content (AvgIpc) is 2.42. The van der Waals surface area contributed by atoms with Crippen LogP contribution in [-0.4, -0.2) is 49.9 Å². The summed E-state index contributed by atoms with van der Waals surface area (Å²) in [7, 11) is 1.60. The van der Waals surface area contributed by atoms with Crippen molar-refractivity contribution < 1.29 is 9.84 Å². The molecule has 0 aromatic heterocycles. The molecule has 108 valence electrons. The first kappa shape index (κ1) is 16.5. The molecule has 0 unspecified atom stereocenters. The fourth-order valence-corrected chi connectivity index (χ4v) is 2.50. The highest BCUT2D eigenvalue weighted by atomic mass is 35.5. The molecule has 2 N–H and O–H groups in total. The van der Waals surface area contributed by atoms with E-state index in [2.05, 4.69) is 10.2 Å². The number of piperazine rings is 1. The molecule has 1 heterocycles. The summed E-state index contributed by atoms with van der Waals surface area (Å²) in [4.78, 5) is 2.28. The SMILES string of the molecule is COc1cc([C@@H](CO)N2CCNCC2)ccc1Cl.Cl. The topological polar surface area (TPSA) is 44.7 Å². The molecule has 0 aliphatic carbocycles. The first-order chi connectivity index (χ1) is 8.76. The number of rotatable bonds is 4. The lowest BCUT2D eigenvalue weighted by Gasteiger charge is -2.34. The Morgan fingerprint density at radius 2 is 2.11 bits per heavy atom. The Balaban J connectivity index is 0.00000180. The third kappa shape index (κ3) is 3.97. The zero-order chi connectivity index (χ0) is 13.0. The molecule has 0 spiro atoms. The van der Waals surface area contributed by atoms with Crippen molar-refractivity contribution in [1.29, 1.82) is 0 Å². The van der Waals surface area contributed by atoms with Gasteiger partial charge in [-0.25, -0.2) is 0 Å². The van der Waals surface area contributed by atoms with Crippen molar-refractivity contribution in [3.63, 3.8) is 0 Å². The van der Waals surface area contributed by atoms with Crippen LogP contribution in [0.3, 0.4) is 0 Å². The van der Waals surface area contributed by atoms with Gasteiger partial charge < -0.3 is 15.2 Å². The monoisotopic (exact) mass is 306 g/mol. The lowest BCUT2D eigenvalue weighted by atomic mass is 10.0. The molecule has 1 aliphatic rings. The van der Waals surface area contributed by atoms with E-state index in [1.54, 1.807) is 7.11 Å². The second-order valence-corrected chi connectivity index (χ2v) is 4.79. The van der Waals surface area contributed by atoms with Crippen LogP contribution in [0.1, 0.15) is 11.6 Å². The number of ether oxygens (including phenoxy) is 1. The Bertz CT molecular complexity index is 398. The molecule has 1 saturated heterocycles. The van der Waals surface area contributed by atoms with Crippen LogP contribution in [0.25, 0.3) is 0 Å². The number of hydrogen-bond acceptors (Lipinski definition) is 4. The van der Waals surface area contributed by atoms with Crippen LogP contribution in [0.2, 0.25) is 5.02 Å². The van der Waals surface area contributed by atoms with Crippen LogP contribution < -0.4 is 10.1 Å². The van der Waals surface area contributed by atoms with Gasteiger partial charge in [0.25, 0.3) is 0 Å². The number of aliphatic hydroxyl groups excluding tert-OH is 1. The highest BCUT2D eigenvalue weighted by Gasteiger charge is 2.22. The lowest BCUT2D eigenvalue weighted by molar-refractivity contribution is 0.110. The van der Waals surface area contributed by atoms with Gasteiger partial charge in [0.05, 0.1) is 24.8 Å². The summed E-state index contributed by atoms with van der Waals surface area (Å²) >= 11 is 6.02. The van der Waals surface area contributed by atoms with Crippen LogP contribution in [0.4, 0.5) is 0 Å². The van der Waals surface area contributed by atoms with Crippen LogP contribution in [0.5, 0.6) is 5.75 Å². The van der Waals surface area contributed by atoms with Crippen molar-refractivity contribution in [3.05, 3.63) is 28.8 Å². The van der Waals surface area contributed by atoms with E-state index in [9.17, 15) is 5.11 Å². The van der Waals surface area contributed by atoms with E-state index in [1.807, 2.05) is 18.2 Å². The number of aliphatic hydroxyl groups is 1. The second-order valence-electron chi connectivity index (χ2n) is 4.38. The molecule has 0 bridgehead atoms. The van der Waals surface area contributed by atoms with E-state index in [-0.39, 0.29) is 25.1 Å². The summed E-state index contributed by atoms with van der Waals surface area (Å²) in [6.45, 7) is 3.90. The zero-order valence-corrected chi connectivity index (χ0v) is 12.5. The van der Waals surface area contributed by atoms with Gasteiger partial charge in [0.2, 0.25) is 0 Å². The van der Waals surface area contributed by atoms with E-state index in [0.717, 1.165) is 31.7 Å². The van der Waals surface area contributed by atoms with E-state index in [1.165, 1.54) is 0 Å². The smallest absolute Gasteiger partial charge is 0.137 e. The molecule has 1 fully saturated rings. The van der Waals surface area contributed by atoms with Gasteiger partial charge in [0.15, 0.2) is 0 Å². The molecule has 2 rings (SSSR count). The van der Waals surface area contributed by atoms with Crippen molar-refractivity contribution in [2.75, 3.05) is 39.9 Å².